The summed E-state index contributed by atoms with van der Waals surface area (Å²) in [6.07, 6.45) is 2.12. The van der Waals surface area contributed by atoms with Crippen molar-refractivity contribution in [2.24, 2.45) is 0 Å². The molecule has 0 bridgehead atoms. The molecule has 0 N–H and O–H groups in total. The quantitative estimate of drug-likeness (QED) is 0.615. The van der Waals surface area contributed by atoms with E-state index in [1.165, 1.54) is 0 Å². The Hall–Kier alpha value is 0.540. The maximum Gasteiger partial charge on any atom is 0.0819 e. The SMILES string of the molecule is CSC1SC1SCC#N. The number of hydrogen-bond acceptors (Lipinski definition) is 4. The second kappa shape index (κ2) is 3.65. The molecule has 0 aromatic carbocycles. The topological polar surface area (TPSA) is 23.8 Å². The Morgan fingerprint density at radius 1 is 1.67 bits per heavy atom. The van der Waals surface area contributed by atoms with Crippen LogP contribution in [-0.4, -0.2) is 21.2 Å². The molecule has 1 fully saturated rings. The highest BCUT2D eigenvalue weighted by Crippen LogP contribution is 2.53. The molecule has 1 saturated heterocycles. The van der Waals surface area contributed by atoms with Gasteiger partial charge in [-0.05, 0) is 6.26 Å². The maximum atomic E-state index is 8.21. The fraction of sp³-hybridized carbons (Fsp3) is 0.800. The van der Waals surface area contributed by atoms with E-state index in [0.29, 0.717) is 10.3 Å². The minimum Gasteiger partial charge on any atom is -0.197 e. The molecule has 2 atom stereocenters. The summed E-state index contributed by atoms with van der Waals surface area (Å²) in [7, 11) is 0. The predicted octanol–water partition coefficient (Wildman–Crippen LogP) is 2.01. The summed E-state index contributed by atoms with van der Waals surface area (Å²) in [5, 5.41) is 8.21. The van der Waals surface area contributed by atoms with Crippen LogP contribution in [0, 0.1) is 11.3 Å². The number of thioether (sulfide) groups is 3. The summed E-state index contributed by atoms with van der Waals surface area (Å²) in [5.41, 5.74) is 0. The first kappa shape index (κ1) is 7.64. The minimum absolute atomic E-state index is 0.648. The van der Waals surface area contributed by atoms with Crippen LogP contribution in [0.5, 0.6) is 0 Å². The normalized spacial score (nSPS) is 31.6. The van der Waals surface area contributed by atoms with E-state index in [-0.39, 0.29) is 0 Å². The Morgan fingerprint density at radius 2 is 2.44 bits per heavy atom. The van der Waals surface area contributed by atoms with E-state index in [1.807, 2.05) is 23.5 Å². The molecule has 0 aromatic heterocycles. The zero-order valence-corrected chi connectivity index (χ0v) is 7.48. The fourth-order valence-corrected chi connectivity index (χ4v) is 4.31. The molecule has 4 heteroatoms. The van der Waals surface area contributed by atoms with Crippen LogP contribution in [0.4, 0.5) is 0 Å². The standard InChI is InChI=1S/C5H7NS3/c1-7-4-5(9-4)8-3-2-6/h4-5H,3H2,1H3. The number of nitriles is 1. The Kier molecular flexibility index (Phi) is 3.10. The summed E-state index contributed by atoms with van der Waals surface area (Å²) < 4.78 is 1.47. The van der Waals surface area contributed by atoms with E-state index in [9.17, 15) is 0 Å². The Bertz CT molecular complexity index is 131. The summed E-state index contributed by atoms with van der Waals surface area (Å²) in [6, 6.07) is 2.12. The predicted molar refractivity (Wildman–Crippen MR) is 46.8 cm³/mol. The van der Waals surface area contributed by atoms with E-state index in [4.69, 9.17) is 5.26 Å². The highest BCUT2D eigenvalue weighted by molar-refractivity contribution is 8.32. The highest BCUT2D eigenvalue weighted by Gasteiger charge is 2.37. The smallest absolute Gasteiger partial charge is 0.0819 e. The molecule has 0 spiro atoms. The Labute approximate surface area is 68.0 Å². The van der Waals surface area contributed by atoms with E-state index in [0.717, 1.165) is 4.58 Å². The summed E-state index contributed by atoms with van der Waals surface area (Å²) in [6.45, 7) is 0. The molecule has 0 radical (unpaired) electrons. The molecule has 0 amide bonds. The van der Waals surface area contributed by atoms with Gasteiger partial charge in [0, 0.05) is 0 Å². The Morgan fingerprint density at radius 3 is 2.89 bits per heavy atom. The van der Waals surface area contributed by atoms with Gasteiger partial charge in [-0.1, -0.05) is 0 Å². The zero-order chi connectivity index (χ0) is 6.69. The fourth-order valence-electron chi connectivity index (χ4n) is 0.491. The molecule has 1 heterocycles. The first-order chi connectivity index (χ1) is 4.38. The summed E-state index contributed by atoms with van der Waals surface area (Å²) in [5.74, 6) is 0.648. The first-order valence-electron chi connectivity index (χ1n) is 2.55. The molecule has 1 aliphatic rings. The molecule has 0 aliphatic carbocycles. The van der Waals surface area contributed by atoms with Gasteiger partial charge in [0.1, 0.15) is 0 Å². The van der Waals surface area contributed by atoms with Crippen molar-refractivity contribution in [2.75, 3.05) is 12.0 Å². The van der Waals surface area contributed by atoms with Gasteiger partial charge in [-0.3, -0.25) is 0 Å². The van der Waals surface area contributed by atoms with Crippen molar-refractivity contribution >= 4 is 35.3 Å². The van der Waals surface area contributed by atoms with Crippen LogP contribution >= 0.6 is 35.3 Å². The second-order valence-corrected chi connectivity index (χ2v) is 5.57. The minimum atomic E-state index is 0.648. The van der Waals surface area contributed by atoms with E-state index in [2.05, 4.69) is 12.3 Å². The van der Waals surface area contributed by atoms with Gasteiger partial charge in [-0.15, -0.1) is 35.3 Å². The molecule has 1 aliphatic heterocycles. The average Bonchev–Trinajstić information content (AvgIpc) is 2.62. The van der Waals surface area contributed by atoms with Crippen molar-refractivity contribution in [3.05, 3.63) is 0 Å². The van der Waals surface area contributed by atoms with Crippen LogP contribution in [0.1, 0.15) is 0 Å². The number of hydrogen-bond donors (Lipinski definition) is 0. The van der Waals surface area contributed by atoms with Crippen molar-refractivity contribution < 1.29 is 0 Å². The van der Waals surface area contributed by atoms with E-state index < -0.39 is 0 Å². The largest absolute Gasteiger partial charge is 0.197 e. The molecule has 50 valence electrons. The van der Waals surface area contributed by atoms with Crippen LogP contribution in [0.25, 0.3) is 0 Å². The van der Waals surface area contributed by atoms with Crippen LogP contribution in [0.15, 0.2) is 0 Å². The van der Waals surface area contributed by atoms with Crippen LogP contribution in [-0.2, 0) is 0 Å². The van der Waals surface area contributed by atoms with Crippen molar-refractivity contribution in [2.45, 2.75) is 9.16 Å². The van der Waals surface area contributed by atoms with Gasteiger partial charge >= 0.3 is 0 Å². The lowest BCUT2D eigenvalue weighted by atomic mass is 10.9. The third-order valence-electron chi connectivity index (χ3n) is 0.958. The second-order valence-electron chi connectivity index (χ2n) is 1.58. The first-order valence-corrected chi connectivity index (χ1v) is 5.83. The molecule has 2 unspecified atom stereocenters. The lowest BCUT2D eigenvalue weighted by Gasteiger charge is -1.86. The monoisotopic (exact) mass is 177 g/mol. The van der Waals surface area contributed by atoms with Gasteiger partial charge in [0.2, 0.25) is 0 Å². The maximum absolute atomic E-state index is 8.21. The molecule has 9 heavy (non-hydrogen) atoms. The molecular formula is C5H7NS3. The zero-order valence-electron chi connectivity index (χ0n) is 5.03. The Balaban J connectivity index is 2.00. The van der Waals surface area contributed by atoms with Crippen molar-refractivity contribution in [1.82, 2.24) is 0 Å². The molecular weight excluding hydrogens is 170 g/mol. The molecule has 0 aromatic rings. The number of rotatable bonds is 3. The summed E-state index contributed by atoms with van der Waals surface area (Å²) >= 11 is 5.59. The van der Waals surface area contributed by atoms with Crippen LogP contribution < -0.4 is 0 Å². The van der Waals surface area contributed by atoms with Gasteiger partial charge < -0.3 is 0 Å². The van der Waals surface area contributed by atoms with Crippen LogP contribution in [0.3, 0.4) is 0 Å². The number of nitrogens with zero attached hydrogens (tertiary/aromatic N) is 1. The average molecular weight is 177 g/mol. The molecule has 1 nitrogen and oxygen atoms in total. The lowest BCUT2D eigenvalue weighted by Crippen LogP contribution is -1.82. The molecule has 0 saturated carbocycles. The van der Waals surface area contributed by atoms with E-state index in [1.54, 1.807) is 11.8 Å². The van der Waals surface area contributed by atoms with Crippen molar-refractivity contribution in [3.8, 4) is 6.07 Å². The van der Waals surface area contributed by atoms with Crippen LogP contribution in [0.2, 0.25) is 0 Å². The third-order valence-corrected chi connectivity index (χ3v) is 5.53. The van der Waals surface area contributed by atoms with Gasteiger partial charge in [0.15, 0.2) is 0 Å². The van der Waals surface area contributed by atoms with Crippen molar-refractivity contribution in [3.63, 3.8) is 0 Å². The third kappa shape index (κ3) is 2.32. The molecule has 1 rings (SSSR count). The van der Waals surface area contributed by atoms with Gasteiger partial charge in [0.05, 0.1) is 21.0 Å². The van der Waals surface area contributed by atoms with Gasteiger partial charge in [0.25, 0.3) is 0 Å². The van der Waals surface area contributed by atoms with Gasteiger partial charge in [-0.25, -0.2) is 0 Å². The summed E-state index contributed by atoms with van der Waals surface area (Å²) in [4.78, 5) is 0. The van der Waals surface area contributed by atoms with E-state index >= 15 is 0 Å². The van der Waals surface area contributed by atoms with Gasteiger partial charge in [-0.2, -0.15) is 5.26 Å². The van der Waals surface area contributed by atoms with Crippen molar-refractivity contribution in [1.29, 1.82) is 5.26 Å². The lowest BCUT2D eigenvalue weighted by molar-refractivity contribution is 1.48. The highest BCUT2D eigenvalue weighted by atomic mass is 32.2.